The van der Waals surface area contributed by atoms with Gasteiger partial charge in [-0.25, -0.2) is 14.0 Å². The van der Waals surface area contributed by atoms with E-state index in [1.54, 1.807) is 13.0 Å². The van der Waals surface area contributed by atoms with Crippen molar-refractivity contribution in [2.24, 2.45) is 0 Å². The summed E-state index contributed by atoms with van der Waals surface area (Å²) < 4.78 is 25.0. The summed E-state index contributed by atoms with van der Waals surface area (Å²) in [5.41, 5.74) is -0.689. The Bertz CT molecular complexity index is 1130. The Morgan fingerprint density at radius 3 is 2.66 bits per heavy atom. The number of hydrogen-bond acceptors (Lipinski definition) is 7. The van der Waals surface area contributed by atoms with Crippen molar-refractivity contribution in [2.45, 2.75) is 13.5 Å². The van der Waals surface area contributed by atoms with Crippen molar-refractivity contribution >= 4 is 50.6 Å². The molecule has 3 aromatic rings. The van der Waals surface area contributed by atoms with Crippen LogP contribution in [0, 0.1) is 15.9 Å². The highest BCUT2D eigenvalue weighted by Crippen LogP contribution is 2.35. The molecule has 0 fully saturated rings. The second-order valence-electron chi connectivity index (χ2n) is 5.74. The summed E-state index contributed by atoms with van der Waals surface area (Å²) in [6.45, 7) is 1.27. The second kappa shape index (κ2) is 8.54. The van der Waals surface area contributed by atoms with Crippen LogP contribution in [0.1, 0.15) is 32.5 Å². The first-order valence-electron chi connectivity index (χ1n) is 8.31. The maximum Gasteiger partial charge on any atom is 0.348 e. The average Bonchev–Trinajstić information content (AvgIpc) is 3.06. The minimum Gasteiger partial charge on any atom is -0.462 e. The van der Waals surface area contributed by atoms with Gasteiger partial charge in [-0.2, -0.15) is 0 Å². The molecule has 3 rings (SSSR count). The minimum atomic E-state index is -1.02. The summed E-state index contributed by atoms with van der Waals surface area (Å²) >= 11 is 6.84. The van der Waals surface area contributed by atoms with Gasteiger partial charge in [-0.15, -0.1) is 11.3 Å². The van der Waals surface area contributed by atoms with E-state index < -0.39 is 35.0 Å². The van der Waals surface area contributed by atoms with Gasteiger partial charge < -0.3 is 9.47 Å². The number of rotatable bonds is 6. The number of nitro groups is 1. The Labute approximate surface area is 172 Å². The topological polar surface area (TPSA) is 95.7 Å². The summed E-state index contributed by atoms with van der Waals surface area (Å²) in [6.07, 6.45) is 0. The molecule has 0 radical (unpaired) electrons. The third-order valence-electron chi connectivity index (χ3n) is 3.95. The fourth-order valence-electron chi connectivity index (χ4n) is 2.71. The molecule has 0 aliphatic carbocycles. The standard InChI is InChI=1S/C19H13ClFNO6S/c1-2-27-19(24)17-12(16-13(21)4-3-5-15(16)29-17)9-28-18(23)11-8-10(20)6-7-14(11)22(25)26/h3-8H,2,9H2,1H3. The lowest BCUT2D eigenvalue weighted by molar-refractivity contribution is -0.385. The molecule has 0 atom stereocenters. The smallest absolute Gasteiger partial charge is 0.348 e. The van der Waals surface area contributed by atoms with Crippen molar-refractivity contribution in [3.8, 4) is 0 Å². The maximum atomic E-state index is 14.4. The van der Waals surface area contributed by atoms with Crippen LogP contribution in [0.5, 0.6) is 0 Å². The zero-order chi connectivity index (χ0) is 21.1. The zero-order valence-electron chi connectivity index (χ0n) is 14.9. The number of hydrogen-bond donors (Lipinski definition) is 0. The van der Waals surface area contributed by atoms with Crippen LogP contribution in [0.3, 0.4) is 0 Å². The molecule has 7 nitrogen and oxygen atoms in total. The lowest BCUT2D eigenvalue weighted by atomic mass is 10.1. The first-order chi connectivity index (χ1) is 13.8. The lowest BCUT2D eigenvalue weighted by Gasteiger charge is -2.08. The van der Waals surface area contributed by atoms with Crippen LogP contribution in [0.4, 0.5) is 10.1 Å². The number of nitro benzene ring substituents is 1. The summed E-state index contributed by atoms with van der Waals surface area (Å²) in [7, 11) is 0. The highest BCUT2D eigenvalue weighted by atomic mass is 35.5. The van der Waals surface area contributed by atoms with E-state index in [4.69, 9.17) is 21.1 Å². The summed E-state index contributed by atoms with van der Waals surface area (Å²) in [5, 5.41) is 11.4. The maximum absolute atomic E-state index is 14.4. The molecule has 10 heteroatoms. The van der Waals surface area contributed by atoms with Gasteiger partial charge in [0.05, 0.1) is 11.5 Å². The zero-order valence-corrected chi connectivity index (χ0v) is 16.5. The monoisotopic (exact) mass is 437 g/mol. The van der Waals surface area contributed by atoms with Crippen LogP contribution in [0.25, 0.3) is 10.1 Å². The van der Waals surface area contributed by atoms with E-state index in [2.05, 4.69) is 0 Å². The molecule has 1 aromatic heterocycles. The summed E-state index contributed by atoms with van der Waals surface area (Å²) in [6, 6.07) is 7.81. The molecule has 0 aliphatic rings. The molecule has 0 bridgehead atoms. The SMILES string of the molecule is CCOC(=O)c1sc2cccc(F)c2c1COC(=O)c1cc(Cl)ccc1[N+](=O)[O-]. The summed E-state index contributed by atoms with van der Waals surface area (Å²) in [5.74, 6) is -2.29. The van der Waals surface area contributed by atoms with Crippen LogP contribution in [0.15, 0.2) is 36.4 Å². The molecule has 0 aliphatic heterocycles. The molecule has 0 N–H and O–H groups in total. The fraction of sp³-hybridized carbons (Fsp3) is 0.158. The van der Waals surface area contributed by atoms with Gasteiger partial charge in [0.2, 0.25) is 0 Å². The number of carbonyl (C=O) groups excluding carboxylic acids is 2. The van der Waals surface area contributed by atoms with E-state index in [0.717, 1.165) is 23.5 Å². The molecule has 0 saturated heterocycles. The van der Waals surface area contributed by atoms with Crippen molar-refractivity contribution in [3.05, 3.63) is 73.4 Å². The predicted octanol–water partition coefficient (Wildman–Crippen LogP) is 5.14. The number of esters is 2. The number of carbonyl (C=O) groups is 2. The van der Waals surface area contributed by atoms with E-state index in [-0.39, 0.29) is 33.0 Å². The molecule has 0 amide bonds. The lowest BCUT2D eigenvalue weighted by Crippen LogP contribution is -2.11. The number of benzene rings is 2. The number of halogens is 2. The Hall–Kier alpha value is -3.04. The molecule has 0 saturated carbocycles. The van der Waals surface area contributed by atoms with E-state index in [9.17, 15) is 24.1 Å². The Kier molecular flexibility index (Phi) is 6.09. The quantitative estimate of drug-likeness (QED) is 0.301. The van der Waals surface area contributed by atoms with Gasteiger partial charge in [0.1, 0.15) is 22.9 Å². The Morgan fingerprint density at radius 2 is 1.97 bits per heavy atom. The van der Waals surface area contributed by atoms with Crippen LogP contribution >= 0.6 is 22.9 Å². The van der Waals surface area contributed by atoms with Gasteiger partial charge >= 0.3 is 11.9 Å². The number of nitrogens with zero attached hydrogens (tertiary/aromatic N) is 1. The van der Waals surface area contributed by atoms with Gasteiger partial charge in [0.15, 0.2) is 0 Å². The van der Waals surface area contributed by atoms with Crippen molar-refractivity contribution in [1.29, 1.82) is 0 Å². The molecule has 1 heterocycles. The van der Waals surface area contributed by atoms with E-state index in [1.807, 2.05) is 0 Å². The predicted molar refractivity (Wildman–Crippen MR) is 105 cm³/mol. The average molecular weight is 438 g/mol. The van der Waals surface area contributed by atoms with Gasteiger partial charge in [-0.05, 0) is 31.2 Å². The molecular formula is C19H13ClFNO6S. The van der Waals surface area contributed by atoms with Gasteiger partial charge in [-0.3, -0.25) is 10.1 Å². The molecule has 29 heavy (non-hydrogen) atoms. The van der Waals surface area contributed by atoms with Crippen molar-refractivity contribution in [1.82, 2.24) is 0 Å². The first-order valence-corrected chi connectivity index (χ1v) is 9.51. The van der Waals surface area contributed by atoms with Crippen molar-refractivity contribution in [3.63, 3.8) is 0 Å². The molecule has 0 unspecified atom stereocenters. The third-order valence-corrected chi connectivity index (χ3v) is 5.36. The van der Waals surface area contributed by atoms with Gasteiger partial charge in [0.25, 0.3) is 5.69 Å². The minimum absolute atomic E-state index is 0.0975. The third kappa shape index (κ3) is 4.20. The normalized spacial score (nSPS) is 10.7. The van der Waals surface area contributed by atoms with Crippen molar-refractivity contribution in [2.75, 3.05) is 6.61 Å². The van der Waals surface area contributed by atoms with Crippen LogP contribution in [-0.4, -0.2) is 23.5 Å². The molecule has 0 spiro atoms. The first kappa shape index (κ1) is 20.7. The van der Waals surface area contributed by atoms with E-state index >= 15 is 0 Å². The Morgan fingerprint density at radius 1 is 1.21 bits per heavy atom. The molecule has 150 valence electrons. The number of ether oxygens (including phenoxy) is 2. The van der Waals surface area contributed by atoms with Crippen LogP contribution < -0.4 is 0 Å². The van der Waals surface area contributed by atoms with Gasteiger partial charge in [-0.1, -0.05) is 17.7 Å². The fourth-order valence-corrected chi connectivity index (χ4v) is 4.00. The summed E-state index contributed by atoms with van der Waals surface area (Å²) in [4.78, 5) is 35.2. The van der Waals surface area contributed by atoms with Crippen molar-refractivity contribution < 1.29 is 28.4 Å². The van der Waals surface area contributed by atoms with Crippen LogP contribution in [-0.2, 0) is 16.1 Å². The molecular weight excluding hydrogens is 425 g/mol. The highest BCUT2D eigenvalue weighted by molar-refractivity contribution is 7.21. The number of fused-ring (bicyclic) bond motifs is 1. The van der Waals surface area contributed by atoms with E-state index in [0.29, 0.717) is 4.70 Å². The molecule has 2 aromatic carbocycles. The van der Waals surface area contributed by atoms with Crippen LogP contribution in [0.2, 0.25) is 5.02 Å². The number of thiophene rings is 1. The van der Waals surface area contributed by atoms with E-state index in [1.165, 1.54) is 18.2 Å². The second-order valence-corrected chi connectivity index (χ2v) is 7.23. The largest absolute Gasteiger partial charge is 0.462 e. The Balaban J connectivity index is 1.98. The van der Waals surface area contributed by atoms with Gasteiger partial charge in [0, 0.05) is 26.7 Å². The highest BCUT2D eigenvalue weighted by Gasteiger charge is 2.25.